The van der Waals surface area contributed by atoms with E-state index in [0.717, 1.165) is 8.78 Å². The molecule has 0 heterocycles. The molecule has 0 saturated carbocycles. The standard InChI is InChI=1S/C18H19BrN2O5S/c1-3-26-18(23)12-21(16-8-4-14(19)5-9-16)27(24,25)17-10-6-15(7-11-17)20-13(2)22/h4-11H,3,12H2,1-2H3,(H,20,22). The van der Waals surface area contributed by atoms with Crippen molar-refractivity contribution in [3.05, 3.63) is 53.0 Å². The second kappa shape index (κ2) is 9.01. The van der Waals surface area contributed by atoms with Crippen molar-refractivity contribution in [2.24, 2.45) is 0 Å². The summed E-state index contributed by atoms with van der Waals surface area (Å²) in [5, 5.41) is 2.57. The molecule has 0 spiro atoms. The van der Waals surface area contributed by atoms with Gasteiger partial charge in [0.1, 0.15) is 6.54 Å². The maximum absolute atomic E-state index is 13.1. The second-order valence-corrected chi connectivity index (χ2v) is 8.28. The minimum Gasteiger partial charge on any atom is -0.465 e. The Morgan fingerprint density at radius 3 is 2.19 bits per heavy atom. The third-order valence-corrected chi connectivity index (χ3v) is 5.77. The first-order valence-corrected chi connectivity index (χ1v) is 10.3. The molecule has 0 radical (unpaired) electrons. The SMILES string of the molecule is CCOC(=O)CN(c1ccc(Br)cc1)S(=O)(=O)c1ccc(NC(C)=O)cc1. The minimum absolute atomic E-state index is 0.0104. The van der Waals surface area contributed by atoms with Crippen LogP contribution in [-0.4, -0.2) is 33.4 Å². The Kier molecular flexibility index (Phi) is 6.98. The molecule has 1 amide bonds. The van der Waals surface area contributed by atoms with Gasteiger partial charge in [0, 0.05) is 17.1 Å². The van der Waals surface area contributed by atoms with Crippen molar-refractivity contribution >= 4 is 49.2 Å². The predicted octanol–water partition coefficient (Wildman–Crippen LogP) is 3.17. The van der Waals surface area contributed by atoms with Crippen molar-refractivity contribution in [1.82, 2.24) is 0 Å². The summed E-state index contributed by atoms with van der Waals surface area (Å²) in [6, 6.07) is 12.3. The van der Waals surface area contributed by atoms with Crippen LogP contribution in [-0.2, 0) is 24.3 Å². The number of sulfonamides is 1. The van der Waals surface area contributed by atoms with Crippen molar-refractivity contribution in [2.45, 2.75) is 18.7 Å². The first kappa shape index (κ1) is 20.9. The van der Waals surface area contributed by atoms with Gasteiger partial charge in [0.2, 0.25) is 5.91 Å². The van der Waals surface area contributed by atoms with E-state index in [1.54, 1.807) is 31.2 Å². The highest BCUT2D eigenvalue weighted by Crippen LogP contribution is 2.26. The van der Waals surface area contributed by atoms with Crippen LogP contribution in [0.1, 0.15) is 13.8 Å². The molecule has 0 aromatic heterocycles. The lowest BCUT2D eigenvalue weighted by atomic mass is 10.3. The predicted molar refractivity (Wildman–Crippen MR) is 106 cm³/mol. The van der Waals surface area contributed by atoms with Crippen LogP contribution in [0, 0.1) is 0 Å². The van der Waals surface area contributed by atoms with Gasteiger partial charge in [-0.1, -0.05) is 15.9 Å². The Hall–Kier alpha value is -2.39. The molecule has 0 unspecified atom stereocenters. The number of nitrogens with one attached hydrogen (secondary N) is 1. The molecule has 2 aromatic rings. The lowest BCUT2D eigenvalue weighted by Gasteiger charge is -2.23. The fraction of sp³-hybridized carbons (Fsp3) is 0.222. The Labute approximate surface area is 166 Å². The number of ether oxygens (including phenoxy) is 1. The van der Waals surface area contributed by atoms with E-state index in [1.165, 1.54) is 31.2 Å². The molecule has 27 heavy (non-hydrogen) atoms. The van der Waals surface area contributed by atoms with Gasteiger partial charge in [-0.15, -0.1) is 0 Å². The van der Waals surface area contributed by atoms with Gasteiger partial charge in [0.05, 0.1) is 17.2 Å². The number of benzene rings is 2. The van der Waals surface area contributed by atoms with Crippen LogP contribution < -0.4 is 9.62 Å². The van der Waals surface area contributed by atoms with E-state index in [0.29, 0.717) is 11.4 Å². The lowest BCUT2D eigenvalue weighted by Crippen LogP contribution is -2.36. The smallest absolute Gasteiger partial charge is 0.326 e. The number of carbonyl (C=O) groups is 2. The van der Waals surface area contributed by atoms with Gasteiger partial charge in [0.25, 0.3) is 10.0 Å². The summed E-state index contributed by atoms with van der Waals surface area (Å²) in [5.74, 6) is -0.914. The molecular weight excluding hydrogens is 436 g/mol. The molecule has 0 bridgehead atoms. The van der Waals surface area contributed by atoms with E-state index in [4.69, 9.17) is 4.74 Å². The van der Waals surface area contributed by atoms with Gasteiger partial charge < -0.3 is 10.1 Å². The van der Waals surface area contributed by atoms with Crippen molar-refractivity contribution < 1.29 is 22.7 Å². The van der Waals surface area contributed by atoms with E-state index in [2.05, 4.69) is 21.2 Å². The Balaban J connectivity index is 2.41. The number of nitrogens with zero attached hydrogens (tertiary/aromatic N) is 1. The summed E-state index contributed by atoms with van der Waals surface area (Å²) in [6.07, 6.45) is 0. The third-order valence-electron chi connectivity index (χ3n) is 3.46. The molecule has 0 aliphatic rings. The summed E-state index contributed by atoms with van der Waals surface area (Å²) >= 11 is 3.30. The molecular formula is C18H19BrN2O5S. The van der Waals surface area contributed by atoms with Crippen molar-refractivity contribution in [1.29, 1.82) is 0 Å². The van der Waals surface area contributed by atoms with Gasteiger partial charge >= 0.3 is 5.97 Å². The van der Waals surface area contributed by atoms with Crippen LogP contribution >= 0.6 is 15.9 Å². The molecule has 7 nitrogen and oxygen atoms in total. The van der Waals surface area contributed by atoms with Crippen molar-refractivity contribution in [3.8, 4) is 0 Å². The number of carbonyl (C=O) groups excluding carboxylic acids is 2. The lowest BCUT2D eigenvalue weighted by molar-refractivity contribution is -0.141. The number of esters is 1. The van der Waals surface area contributed by atoms with Crippen LogP contribution in [0.3, 0.4) is 0 Å². The van der Waals surface area contributed by atoms with E-state index < -0.39 is 22.5 Å². The van der Waals surface area contributed by atoms with Crippen molar-refractivity contribution in [3.63, 3.8) is 0 Å². The molecule has 0 fully saturated rings. The van der Waals surface area contributed by atoms with Gasteiger partial charge in [-0.05, 0) is 55.5 Å². The first-order valence-electron chi connectivity index (χ1n) is 8.05. The molecule has 0 saturated heterocycles. The largest absolute Gasteiger partial charge is 0.465 e. The summed E-state index contributed by atoms with van der Waals surface area (Å²) in [4.78, 5) is 23.1. The highest BCUT2D eigenvalue weighted by Gasteiger charge is 2.27. The third kappa shape index (κ3) is 5.54. The molecule has 2 aromatic carbocycles. The number of anilines is 2. The highest BCUT2D eigenvalue weighted by atomic mass is 79.9. The zero-order valence-electron chi connectivity index (χ0n) is 14.8. The van der Waals surface area contributed by atoms with Crippen LogP contribution in [0.25, 0.3) is 0 Å². The summed E-state index contributed by atoms with van der Waals surface area (Å²) in [6.45, 7) is 2.71. The number of hydrogen-bond donors (Lipinski definition) is 1. The van der Waals surface area contributed by atoms with E-state index in [9.17, 15) is 18.0 Å². The first-order chi connectivity index (χ1) is 12.7. The van der Waals surface area contributed by atoms with Gasteiger partial charge in [-0.2, -0.15) is 0 Å². The van der Waals surface area contributed by atoms with Crippen LogP contribution in [0.5, 0.6) is 0 Å². The van der Waals surface area contributed by atoms with Crippen LogP contribution in [0.2, 0.25) is 0 Å². The van der Waals surface area contributed by atoms with Gasteiger partial charge in [-0.25, -0.2) is 8.42 Å². The maximum Gasteiger partial charge on any atom is 0.326 e. The molecule has 0 atom stereocenters. The number of amides is 1. The zero-order valence-corrected chi connectivity index (χ0v) is 17.2. The Morgan fingerprint density at radius 1 is 1.07 bits per heavy atom. The average Bonchev–Trinajstić information content (AvgIpc) is 2.61. The minimum atomic E-state index is -4.02. The Morgan fingerprint density at radius 2 is 1.67 bits per heavy atom. The fourth-order valence-electron chi connectivity index (χ4n) is 2.29. The number of hydrogen-bond acceptors (Lipinski definition) is 5. The Bertz CT molecular complexity index is 912. The van der Waals surface area contributed by atoms with E-state index in [-0.39, 0.29) is 17.4 Å². The summed E-state index contributed by atoms with van der Waals surface area (Å²) < 4.78 is 32.9. The van der Waals surface area contributed by atoms with E-state index >= 15 is 0 Å². The van der Waals surface area contributed by atoms with Crippen LogP contribution in [0.15, 0.2) is 57.9 Å². The highest BCUT2D eigenvalue weighted by molar-refractivity contribution is 9.10. The van der Waals surface area contributed by atoms with Gasteiger partial charge in [0.15, 0.2) is 0 Å². The second-order valence-electron chi connectivity index (χ2n) is 5.50. The molecule has 1 N–H and O–H groups in total. The van der Waals surface area contributed by atoms with Gasteiger partial charge in [-0.3, -0.25) is 13.9 Å². The molecule has 144 valence electrons. The average molecular weight is 455 g/mol. The summed E-state index contributed by atoms with van der Waals surface area (Å²) in [5.41, 5.74) is 0.805. The van der Waals surface area contributed by atoms with Crippen LogP contribution in [0.4, 0.5) is 11.4 Å². The maximum atomic E-state index is 13.1. The fourth-order valence-corrected chi connectivity index (χ4v) is 3.96. The molecule has 0 aliphatic heterocycles. The molecule has 0 aliphatic carbocycles. The topological polar surface area (TPSA) is 92.8 Å². The number of rotatable bonds is 7. The quantitative estimate of drug-likeness (QED) is 0.648. The zero-order chi connectivity index (χ0) is 20.0. The molecule has 2 rings (SSSR count). The monoisotopic (exact) mass is 454 g/mol. The molecule has 9 heteroatoms. The normalized spacial score (nSPS) is 10.9. The van der Waals surface area contributed by atoms with E-state index in [1.807, 2.05) is 0 Å². The van der Waals surface area contributed by atoms with Crippen molar-refractivity contribution in [2.75, 3.05) is 22.8 Å². The number of halogens is 1. The summed E-state index contributed by atoms with van der Waals surface area (Å²) in [7, 11) is -4.02.